The molecule has 4 heteroatoms. The molecular weight excluding hydrogens is 222 g/mol. The number of alkyl halides is 1. The maximum atomic E-state index is 6.15. The third kappa shape index (κ3) is 2.64. The van der Waals surface area contributed by atoms with Crippen LogP contribution in [0, 0.1) is 5.92 Å². The third-order valence-electron chi connectivity index (χ3n) is 3.32. The highest BCUT2D eigenvalue weighted by atomic mass is 35.5. The van der Waals surface area contributed by atoms with Crippen molar-refractivity contribution in [3.63, 3.8) is 0 Å². The highest BCUT2D eigenvalue weighted by Gasteiger charge is 2.34. The normalized spacial score (nSPS) is 30.0. The molecule has 0 aromatic carbocycles. The van der Waals surface area contributed by atoms with Gasteiger partial charge in [-0.05, 0) is 24.8 Å². The third-order valence-corrected chi connectivity index (χ3v) is 3.83. The summed E-state index contributed by atoms with van der Waals surface area (Å²) in [7, 11) is 0. The van der Waals surface area contributed by atoms with E-state index in [1.807, 2.05) is 6.07 Å². The smallest absolute Gasteiger partial charge is 0.129 e. The molecule has 1 aromatic rings. The fourth-order valence-electron chi connectivity index (χ4n) is 2.56. The Labute approximate surface area is 102 Å². The van der Waals surface area contributed by atoms with E-state index in [1.165, 1.54) is 12.8 Å². The molecule has 1 fully saturated rings. The van der Waals surface area contributed by atoms with E-state index >= 15 is 0 Å². The second kappa shape index (κ2) is 5.00. The van der Waals surface area contributed by atoms with Crippen LogP contribution >= 0.6 is 11.6 Å². The molecule has 0 radical (unpaired) electrons. The predicted octanol–water partition coefficient (Wildman–Crippen LogP) is 3.08. The van der Waals surface area contributed by atoms with Crippen molar-refractivity contribution in [3.8, 4) is 0 Å². The topological polar surface area (TPSA) is 37.8 Å². The SMILES string of the molecule is CC1CCCC(CCl)(Nc2ccncn2)C1. The molecule has 0 saturated heterocycles. The first kappa shape index (κ1) is 11.6. The zero-order chi connectivity index (χ0) is 11.4. The Morgan fingerprint density at radius 3 is 3.12 bits per heavy atom. The van der Waals surface area contributed by atoms with Gasteiger partial charge in [0.15, 0.2) is 0 Å². The minimum Gasteiger partial charge on any atom is -0.363 e. The summed E-state index contributed by atoms with van der Waals surface area (Å²) in [5.74, 6) is 2.26. The van der Waals surface area contributed by atoms with Gasteiger partial charge in [0.1, 0.15) is 12.1 Å². The van der Waals surface area contributed by atoms with Crippen LogP contribution in [0.15, 0.2) is 18.6 Å². The Kier molecular flexibility index (Phi) is 3.64. The molecule has 0 spiro atoms. The maximum Gasteiger partial charge on any atom is 0.129 e. The molecule has 16 heavy (non-hydrogen) atoms. The van der Waals surface area contributed by atoms with E-state index < -0.39 is 0 Å². The lowest BCUT2D eigenvalue weighted by atomic mass is 9.77. The molecule has 1 N–H and O–H groups in total. The van der Waals surface area contributed by atoms with E-state index in [-0.39, 0.29) is 5.54 Å². The van der Waals surface area contributed by atoms with Crippen molar-refractivity contribution in [3.05, 3.63) is 18.6 Å². The standard InChI is InChI=1S/C12H18ClN3/c1-10-3-2-5-12(7-10,8-13)16-11-4-6-14-9-15-11/h4,6,9-10H,2-3,5,7-8H2,1H3,(H,14,15,16). The van der Waals surface area contributed by atoms with E-state index in [2.05, 4.69) is 22.2 Å². The van der Waals surface area contributed by atoms with Gasteiger partial charge in [0.2, 0.25) is 0 Å². The van der Waals surface area contributed by atoms with Crippen LogP contribution < -0.4 is 5.32 Å². The van der Waals surface area contributed by atoms with Gasteiger partial charge in [-0.1, -0.05) is 19.8 Å². The van der Waals surface area contributed by atoms with Crippen LogP contribution in [0.25, 0.3) is 0 Å². The first-order valence-corrected chi connectivity index (χ1v) is 6.38. The van der Waals surface area contributed by atoms with E-state index in [9.17, 15) is 0 Å². The molecule has 0 bridgehead atoms. The minimum atomic E-state index is 0.0214. The van der Waals surface area contributed by atoms with Crippen molar-refractivity contribution in [2.45, 2.75) is 38.1 Å². The number of anilines is 1. The zero-order valence-corrected chi connectivity index (χ0v) is 10.4. The Bertz CT molecular complexity index is 330. The number of hydrogen-bond acceptors (Lipinski definition) is 3. The molecule has 1 saturated carbocycles. The second-order valence-corrected chi connectivity index (χ2v) is 5.10. The van der Waals surface area contributed by atoms with Gasteiger partial charge in [-0.2, -0.15) is 0 Å². The Hall–Kier alpha value is -0.830. The van der Waals surface area contributed by atoms with Gasteiger partial charge in [0, 0.05) is 12.1 Å². The van der Waals surface area contributed by atoms with Gasteiger partial charge >= 0.3 is 0 Å². The van der Waals surface area contributed by atoms with Gasteiger partial charge in [-0.3, -0.25) is 0 Å². The lowest BCUT2D eigenvalue weighted by molar-refractivity contribution is 0.279. The number of nitrogens with one attached hydrogen (secondary N) is 1. The minimum absolute atomic E-state index is 0.0214. The van der Waals surface area contributed by atoms with Crippen molar-refractivity contribution in [2.24, 2.45) is 5.92 Å². The lowest BCUT2D eigenvalue weighted by Crippen LogP contribution is -2.44. The Morgan fingerprint density at radius 2 is 2.50 bits per heavy atom. The summed E-state index contributed by atoms with van der Waals surface area (Å²) in [6, 6.07) is 1.90. The van der Waals surface area contributed by atoms with Gasteiger partial charge in [0.25, 0.3) is 0 Å². The van der Waals surface area contributed by atoms with Gasteiger partial charge in [-0.25, -0.2) is 9.97 Å². The maximum absolute atomic E-state index is 6.15. The van der Waals surface area contributed by atoms with Crippen molar-refractivity contribution in [1.29, 1.82) is 0 Å². The van der Waals surface area contributed by atoms with E-state index in [0.29, 0.717) is 5.88 Å². The Balaban J connectivity index is 2.10. The largest absolute Gasteiger partial charge is 0.363 e. The highest BCUT2D eigenvalue weighted by molar-refractivity contribution is 6.18. The monoisotopic (exact) mass is 239 g/mol. The van der Waals surface area contributed by atoms with Crippen LogP contribution in [0.2, 0.25) is 0 Å². The number of aromatic nitrogens is 2. The van der Waals surface area contributed by atoms with Gasteiger partial charge in [-0.15, -0.1) is 11.6 Å². The van der Waals surface area contributed by atoms with Crippen LogP contribution in [-0.2, 0) is 0 Å². The van der Waals surface area contributed by atoms with Crippen molar-refractivity contribution in [2.75, 3.05) is 11.2 Å². The molecule has 88 valence electrons. The fourth-order valence-corrected chi connectivity index (χ4v) is 2.87. The number of halogens is 1. The van der Waals surface area contributed by atoms with Crippen LogP contribution in [-0.4, -0.2) is 21.4 Å². The summed E-state index contributed by atoms with van der Waals surface area (Å²) in [6.07, 6.45) is 8.13. The summed E-state index contributed by atoms with van der Waals surface area (Å²) in [5.41, 5.74) is 0.0214. The molecule has 2 rings (SSSR count). The predicted molar refractivity (Wildman–Crippen MR) is 66.7 cm³/mol. The summed E-state index contributed by atoms with van der Waals surface area (Å²) >= 11 is 6.15. The molecule has 1 aliphatic carbocycles. The average Bonchev–Trinajstić information content (AvgIpc) is 2.30. The summed E-state index contributed by atoms with van der Waals surface area (Å²) < 4.78 is 0. The number of nitrogens with zero attached hydrogens (tertiary/aromatic N) is 2. The Morgan fingerprint density at radius 1 is 1.62 bits per heavy atom. The first-order chi connectivity index (χ1) is 7.74. The van der Waals surface area contributed by atoms with Gasteiger partial charge in [0.05, 0.1) is 5.54 Å². The molecule has 2 atom stereocenters. The summed E-state index contributed by atoms with van der Waals surface area (Å²) in [6.45, 7) is 2.29. The molecule has 1 aromatic heterocycles. The van der Waals surface area contributed by atoms with E-state index in [0.717, 1.165) is 24.6 Å². The fraction of sp³-hybridized carbons (Fsp3) is 0.667. The van der Waals surface area contributed by atoms with Gasteiger partial charge < -0.3 is 5.32 Å². The molecule has 1 heterocycles. The summed E-state index contributed by atoms with van der Waals surface area (Å²) in [4.78, 5) is 8.13. The molecule has 3 nitrogen and oxygen atoms in total. The molecular formula is C12H18ClN3. The van der Waals surface area contributed by atoms with Crippen LogP contribution in [0.4, 0.5) is 5.82 Å². The quantitative estimate of drug-likeness (QED) is 0.824. The second-order valence-electron chi connectivity index (χ2n) is 4.84. The summed E-state index contributed by atoms with van der Waals surface area (Å²) in [5, 5.41) is 3.49. The molecule has 0 aliphatic heterocycles. The zero-order valence-electron chi connectivity index (χ0n) is 9.62. The van der Waals surface area contributed by atoms with E-state index in [1.54, 1.807) is 12.5 Å². The molecule has 0 amide bonds. The van der Waals surface area contributed by atoms with Crippen LogP contribution in [0.1, 0.15) is 32.6 Å². The highest BCUT2D eigenvalue weighted by Crippen LogP contribution is 2.35. The van der Waals surface area contributed by atoms with Crippen molar-refractivity contribution in [1.82, 2.24) is 9.97 Å². The van der Waals surface area contributed by atoms with E-state index in [4.69, 9.17) is 11.6 Å². The van der Waals surface area contributed by atoms with Crippen LogP contribution in [0.3, 0.4) is 0 Å². The van der Waals surface area contributed by atoms with Crippen molar-refractivity contribution >= 4 is 17.4 Å². The lowest BCUT2D eigenvalue weighted by Gasteiger charge is -2.39. The first-order valence-electron chi connectivity index (χ1n) is 5.84. The van der Waals surface area contributed by atoms with Crippen LogP contribution in [0.5, 0.6) is 0 Å². The van der Waals surface area contributed by atoms with Crippen molar-refractivity contribution < 1.29 is 0 Å². The molecule has 2 unspecified atom stereocenters. The molecule has 1 aliphatic rings. The number of hydrogen-bond donors (Lipinski definition) is 1. The average molecular weight is 240 g/mol. The number of rotatable bonds is 3.